The molecule has 3 aromatic carbocycles. The molecule has 1 unspecified atom stereocenters. The van der Waals surface area contributed by atoms with Crippen molar-refractivity contribution >= 4 is 52.4 Å². The van der Waals surface area contributed by atoms with Gasteiger partial charge in [0.2, 0.25) is 5.60 Å². The number of hydrogen-bond donors (Lipinski definition) is 3. The molecule has 4 rings (SSSR count). The van der Waals surface area contributed by atoms with E-state index in [0.717, 1.165) is 5.56 Å². The molecular weight excluding hydrogens is 517 g/mol. The summed E-state index contributed by atoms with van der Waals surface area (Å²) in [6.07, 6.45) is 0.229. The standard InChI is InChI=1S/C27H23Cl2N3O5/c1-27(15-22(32-37-27)17-6-3-2-4-7-17)26(36)31-21(25(34)35)14-16-10-12-18(13-11-16)30-24(33)23-19(28)8-5-9-20(23)29/h2-13,21H,14-15H2,1H3,(H,30,33)(H,31,36)(H,34,35)/t21?,27-/m0/s1. The highest BCUT2D eigenvalue weighted by Crippen LogP contribution is 2.28. The van der Waals surface area contributed by atoms with Gasteiger partial charge in [0.05, 0.1) is 21.3 Å². The molecule has 3 aromatic rings. The number of carboxylic acid groups (broad SMARTS) is 1. The van der Waals surface area contributed by atoms with Gasteiger partial charge in [-0.2, -0.15) is 0 Å². The maximum absolute atomic E-state index is 13.0. The van der Waals surface area contributed by atoms with Crippen LogP contribution in [0.5, 0.6) is 0 Å². The second kappa shape index (κ2) is 11.0. The molecule has 1 aliphatic heterocycles. The molecule has 0 radical (unpaired) electrons. The van der Waals surface area contributed by atoms with Gasteiger partial charge in [-0.1, -0.05) is 76.9 Å². The second-order valence-electron chi connectivity index (χ2n) is 8.72. The Morgan fingerprint density at radius 2 is 1.65 bits per heavy atom. The first kappa shape index (κ1) is 26.2. The zero-order valence-corrected chi connectivity index (χ0v) is 21.2. The van der Waals surface area contributed by atoms with Gasteiger partial charge in [-0.05, 0) is 42.3 Å². The first-order valence-corrected chi connectivity index (χ1v) is 12.1. The van der Waals surface area contributed by atoms with Crippen LogP contribution in [0.2, 0.25) is 10.0 Å². The lowest BCUT2D eigenvalue weighted by Crippen LogP contribution is -2.51. The van der Waals surface area contributed by atoms with E-state index in [4.69, 9.17) is 28.0 Å². The summed E-state index contributed by atoms with van der Waals surface area (Å²) in [5.74, 6) is -2.24. The van der Waals surface area contributed by atoms with Crippen molar-refractivity contribution in [1.29, 1.82) is 0 Å². The summed E-state index contributed by atoms with van der Waals surface area (Å²) in [4.78, 5) is 42.9. The third-order valence-electron chi connectivity index (χ3n) is 5.89. The lowest BCUT2D eigenvalue weighted by atomic mass is 9.94. The van der Waals surface area contributed by atoms with Crippen molar-refractivity contribution in [2.45, 2.75) is 31.4 Å². The fourth-order valence-electron chi connectivity index (χ4n) is 3.83. The minimum absolute atomic E-state index is 0.0219. The Hall–Kier alpha value is -3.88. The van der Waals surface area contributed by atoms with E-state index in [1.54, 1.807) is 49.4 Å². The van der Waals surface area contributed by atoms with Gasteiger partial charge in [-0.3, -0.25) is 9.59 Å². The van der Waals surface area contributed by atoms with Crippen molar-refractivity contribution in [2.24, 2.45) is 5.16 Å². The molecular formula is C27H23Cl2N3O5. The van der Waals surface area contributed by atoms with E-state index in [1.807, 2.05) is 30.3 Å². The summed E-state index contributed by atoms with van der Waals surface area (Å²) >= 11 is 12.2. The Morgan fingerprint density at radius 1 is 1.00 bits per heavy atom. The summed E-state index contributed by atoms with van der Waals surface area (Å²) in [5.41, 5.74) is 1.38. The number of carboxylic acids is 1. The van der Waals surface area contributed by atoms with Crippen molar-refractivity contribution in [3.05, 3.63) is 99.5 Å². The van der Waals surface area contributed by atoms with E-state index in [-0.39, 0.29) is 28.5 Å². The Labute approximate surface area is 223 Å². The number of oxime groups is 1. The molecule has 190 valence electrons. The lowest BCUT2D eigenvalue weighted by molar-refractivity contribution is -0.148. The van der Waals surface area contributed by atoms with E-state index >= 15 is 0 Å². The molecule has 1 aliphatic rings. The third-order valence-corrected chi connectivity index (χ3v) is 6.52. The molecule has 1 heterocycles. The number of anilines is 1. The van der Waals surface area contributed by atoms with Crippen LogP contribution in [0, 0.1) is 0 Å². The fraction of sp³-hybridized carbons (Fsp3) is 0.185. The number of halogens is 2. The normalized spacial score (nSPS) is 17.3. The number of hydrogen-bond acceptors (Lipinski definition) is 5. The highest BCUT2D eigenvalue weighted by molar-refractivity contribution is 6.40. The maximum atomic E-state index is 13.0. The zero-order chi connectivity index (χ0) is 26.6. The first-order valence-electron chi connectivity index (χ1n) is 11.3. The van der Waals surface area contributed by atoms with Crippen LogP contribution in [0.3, 0.4) is 0 Å². The SMILES string of the molecule is C[C@@]1(C(=O)NC(Cc2ccc(NC(=O)c3c(Cl)cccc3Cl)cc2)C(=O)O)CC(c2ccccc2)=NO1. The van der Waals surface area contributed by atoms with Gasteiger partial charge >= 0.3 is 5.97 Å². The summed E-state index contributed by atoms with van der Waals surface area (Å²) in [5, 5.41) is 19.5. The highest BCUT2D eigenvalue weighted by Gasteiger charge is 2.43. The summed E-state index contributed by atoms with van der Waals surface area (Å²) in [6.45, 7) is 1.57. The fourth-order valence-corrected chi connectivity index (χ4v) is 4.40. The first-order chi connectivity index (χ1) is 17.7. The van der Waals surface area contributed by atoms with Gasteiger partial charge in [0.1, 0.15) is 6.04 Å². The number of nitrogens with zero attached hydrogens (tertiary/aromatic N) is 1. The van der Waals surface area contributed by atoms with Crippen LogP contribution in [0.1, 0.15) is 34.8 Å². The number of carbonyl (C=O) groups is 3. The van der Waals surface area contributed by atoms with Crippen LogP contribution in [0.4, 0.5) is 5.69 Å². The average Bonchev–Trinajstić information content (AvgIpc) is 3.28. The predicted molar refractivity (Wildman–Crippen MR) is 141 cm³/mol. The van der Waals surface area contributed by atoms with Gasteiger partial charge in [0, 0.05) is 18.5 Å². The Morgan fingerprint density at radius 3 is 2.27 bits per heavy atom. The van der Waals surface area contributed by atoms with Gasteiger partial charge in [-0.25, -0.2) is 4.79 Å². The minimum Gasteiger partial charge on any atom is -0.480 e. The van der Waals surface area contributed by atoms with Gasteiger partial charge < -0.3 is 20.6 Å². The Balaban J connectivity index is 1.38. The number of amides is 2. The zero-order valence-electron chi connectivity index (χ0n) is 19.7. The van der Waals surface area contributed by atoms with Crippen LogP contribution < -0.4 is 10.6 Å². The molecule has 0 saturated carbocycles. The van der Waals surface area contributed by atoms with Crippen molar-refractivity contribution in [3.63, 3.8) is 0 Å². The molecule has 3 N–H and O–H groups in total. The molecule has 37 heavy (non-hydrogen) atoms. The van der Waals surface area contributed by atoms with Gasteiger partial charge in [0.25, 0.3) is 11.8 Å². The second-order valence-corrected chi connectivity index (χ2v) is 9.53. The quantitative estimate of drug-likeness (QED) is 0.374. The van der Waals surface area contributed by atoms with Crippen LogP contribution in [-0.4, -0.2) is 40.2 Å². The third kappa shape index (κ3) is 6.10. The molecule has 0 saturated heterocycles. The number of nitrogens with one attached hydrogen (secondary N) is 2. The van der Waals surface area contributed by atoms with Crippen LogP contribution in [-0.2, 0) is 20.8 Å². The van der Waals surface area contributed by atoms with Crippen LogP contribution in [0.25, 0.3) is 0 Å². The topological polar surface area (TPSA) is 117 Å². The Bertz CT molecular complexity index is 1340. The molecule has 2 atom stereocenters. The largest absolute Gasteiger partial charge is 0.480 e. The van der Waals surface area contributed by atoms with E-state index in [2.05, 4.69) is 15.8 Å². The molecule has 8 nitrogen and oxygen atoms in total. The van der Waals surface area contributed by atoms with Crippen LogP contribution in [0.15, 0.2) is 78.0 Å². The molecule has 0 aromatic heterocycles. The smallest absolute Gasteiger partial charge is 0.326 e. The molecule has 10 heteroatoms. The highest BCUT2D eigenvalue weighted by atomic mass is 35.5. The summed E-state index contributed by atoms with van der Waals surface area (Å²) in [6, 6.07) is 19.5. The van der Waals surface area contributed by atoms with E-state index < -0.39 is 29.4 Å². The van der Waals surface area contributed by atoms with E-state index in [9.17, 15) is 19.5 Å². The molecule has 0 aliphatic carbocycles. The van der Waals surface area contributed by atoms with Gasteiger partial charge in [-0.15, -0.1) is 0 Å². The van der Waals surface area contributed by atoms with Crippen LogP contribution >= 0.6 is 23.2 Å². The van der Waals surface area contributed by atoms with Crippen molar-refractivity contribution in [3.8, 4) is 0 Å². The van der Waals surface area contributed by atoms with E-state index in [1.165, 1.54) is 0 Å². The van der Waals surface area contributed by atoms with Crippen molar-refractivity contribution in [1.82, 2.24) is 5.32 Å². The molecule has 2 amide bonds. The maximum Gasteiger partial charge on any atom is 0.326 e. The lowest BCUT2D eigenvalue weighted by Gasteiger charge is -2.23. The number of benzene rings is 3. The monoisotopic (exact) mass is 539 g/mol. The molecule has 0 bridgehead atoms. The predicted octanol–water partition coefficient (Wildman–Crippen LogP) is 4.94. The molecule has 0 fully saturated rings. The summed E-state index contributed by atoms with van der Waals surface area (Å²) in [7, 11) is 0. The Kier molecular flexibility index (Phi) is 7.80. The van der Waals surface area contributed by atoms with Gasteiger partial charge in [0.15, 0.2) is 0 Å². The molecule has 0 spiro atoms. The van der Waals surface area contributed by atoms with Crippen molar-refractivity contribution < 1.29 is 24.3 Å². The van der Waals surface area contributed by atoms with E-state index in [0.29, 0.717) is 17.0 Å². The average molecular weight is 540 g/mol. The summed E-state index contributed by atoms with van der Waals surface area (Å²) < 4.78 is 0. The number of aliphatic carboxylic acids is 1. The number of rotatable bonds is 8. The number of carbonyl (C=O) groups excluding carboxylic acids is 2. The minimum atomic E-state index is -1.33. The van der Waals surface area contributed by atoms with Crippen molar-refractivity contribution in [2.75, 3.05) is 5.32 Å².